The van der Waals surface area contributed by atoms with Crippen LogP contribution in [0, 0.1) is 0 Å². The highest BCUT2D eigenvalue weighted by Gasteiger charge is 2.30. The first-order valence-electron chi connectivity index (χ1n) is 10.4. The zero-order valence-electron chi connectivity index (χ0n) is 17.7. The Morgan fingerprint density at radius 2 is 1.88 bits per heavy atom. The van der Waals surface area contributed by atoms with Gasteiger partial charge in [-0.1, -0.05) is 0 Å². The molecule has 0 atom stereocenters. The summed E-state index contributed by atoms with van der Waals surface area (Å²) in [6.07, 6.45) is 0.429. The molecule has 1 saturated heterocycles. The average Bonchev–Trinajstić information content (AvgIpc) is 3.52. The van der Waals surface area contributed by atoms with E-state index in [0.717, 1.165) is 21.6 Å². The second-order valence-corrected chi connectivity index (χ2v) is 8.26. The van der Waals surface area contributed by atoms with Gasteiger partial charge < -0.3 is 9.15 Å². The van der Waals surface area contributed by atoms with Crippen LogP contribution in [0.4, 0.5) is 10.8 Å². The van der Waals surface area contributed by atoms with Gasteiger partial charge in [-0.05, 0) is 55.5 Å². The van der Waals surface area contributed by atoms with Crippen molar-refractivity contribution in [3.8, 4) is 17.2 Å². The predicted octanol–water partition coefficient (Wildman–Crippen LogP) is 4.86. The fraction of sp³-hybridized carbons (Fsp3) is 0.167. The lowest BCUT2D eigenvalue weighted by molar-refractivity contribution is -0.121. The van der Waals surface area contributed by atoms with Gasteiger partial charge in [-0.25, -0.2) is 4.98 Å². The number of hydrogen-bond donors (Lipinski definition) is 1. The van der Waals surface area contributed by atoms with Crippen LogP contribution in [-0.2, 0) is 9.59 Å². The first-order chi connectivity index (χ1) is 16.0. The molecular weight excluding hydrogens is 442 g/mol. The Morgan fingerprint density at radius 3 is 2.61 bits per heavy atom. The number of imide groups is 1. The number of amides is 3. The minimum absolute atomic E-state index is 0.215. The highest BCUT2D eigenvalue weighted by Crippen LogP contribution is 2.32. The molecular formula is C24H19N3O5S. The van der Waals surface area contributed by atoms with Crippen molar-refractivity contribution in [3.05, 3.63) is 59.5 Å². The molecule has 0 radical (unpaired) electrons. The van der Waals surface area contributed by atoms with E-state index in [1.807, 2.05) is 36.6 Å². The summed E-state index contributed by atoms with van der Waals surface area (Å²) in [6.45, 7) is 2.52. The Kier molecular flexibility index (Phi) is 5.39. The number of carbonyl (C=O) groups is 3. The Balaban J connectivity index is 1.29. The van der Waals surface area contributed by atoms with E-state index in [-0.39, 0.29) is 30.6 Å². The van der Waals surface area contributed by atoms with E-state index in [0.29, 0.717) is 34.4 Å². The summed E-state index contributed by atoms with van der Waals surface area (Å²) in [5, 5.41) is 5.92. The third-order valence-corrected chi connectivity index (χ3v) is 5.97. The molecule has 3 heterocycles. The standard InChI is InChI=1S/C24H19N3O5S/c1-2-31-17-7-8-19-15(11-17)12-20(32-19)18-13-33-24(25-18)26-23(30)14-3-5-16(6-4-14)27-21(28)9-10-22(27)29/h3-8,11-13H,2,9-10H2,1H3,(H,25,26,30). The van der Waals surface area contributed by atoms with Crippen LogP contribution in [0.25, 0.3) is 22.4 Å². The van der Waals surface area contributed by atoms with Crippen molar-refractivity contribution in [2.75, 3.05) is 16.8 Å². The van der Waals surface area contributed by atoms with Crippen LogP contribution in [0.15, 0.2) is 58.3 Å². The third-order valence-electron chi connectivity index (χ3n) is 5.22. The Labute approximate surface area is 192 Å². The fourth-order valence-electron chi connectivity index (χ4n) is 3.64. The van der Waals surface area contributed by atoms with E-state index in [9.17, 15) is 14.4 Å². The van der Waals surface area contributed by atoms with Crippen LogP contribution in [0.2, 0.25) is 0 Å². The summed E-state index contributed by atoms with van der Waals surface area (Å²) in [5.74, 6) is 0.569. The second kappa shape index (κ2) is 8.51. The molecule has 166 valence electrons. The largest absolute Gasteiger partial charge is 0.494 e. The number of furan rings is 1. The molecule has 1 aliphatic heterocycles. The molecule has 5 rings (SSSR count). The summed E-state index contributed by atoms with van der Waals surface area (Å²) in [7, 11) is 0. The van der Waals surface area contributed by atoms with E-state index >= 15 is 0 Å². The molecule has 2 aromatic carbocycles. The number of aromatic nitrogens is 1. The number of carbonyl (C=O) groups excluding carboxylic acids is 3. The van der Waals surface area contributed by atoms with Crippen molar-refractivity contribution in [2.45, 2.75) is 19.8 Å². The lowest BCUT2D eigenvalue weighted by Gasteiger charge is -2.13. The van der Waals surface area contributed by atoms with Gasteiger partial charge in [0.2, 0.25) is 11.8 Å². The molecule has 1 fully saturated rings. The molecule has 0 unspecified atom stereocenters. The van der Waals surface area contributed by atoms with E-state index in [1.54, 1.807) is 24.3 Å². The Hall–Kier alpha value is -3.98. The number of rotatable bonds is 6. The van der Waals surface area contributed by atoms with Crippen LogP contribution in [0.1, 0.15) is 30.1 Å². The summed E-state index contributed by atoms with van der Waals surface area (Å²) in [4.78, 5) is 42.0. The maximum atomic E-state index is 12.6. The minimum atomic E-state index is -0.340. The molecule has 33 heavy (non-hydrogen) atoms. The number of nitrogens with zero attached hydrogens (tertiary/aromatic N) is 2. The highest BCUT2D eigenvalue weighted by atomic mass is 32.1. The monoisotopic (exact) mass is 461 g/mol. The van der Waals surface area contributed by atoms with E-state index in [1.165, 1.54) is 11.3 Å². The van der Waals surface area contributed by atoms with Crippen LogP contribution in [0.3, 0.4) is 0 Å². The first-order valence-corrected chi connectivity index (χ1v) is 11.3. The van der Waals surface area contributed by atoms with Gasteiger partial charge in [-0.15, -0.1) is 11.3 Å². The van der Waals surface area contributed by atoms with Gasteiger partial charge in [-0.3, -0.25) is 24.6 Å². The molecule has 0 saturated carbocycles. The summed E-state index contributed by atoms with van der Waals surface area (Å²) < 4.78 is 11.4. The van der Waals surface area contributed by atoms with Gasteiger partial charge in [-0.2, -0.15) is 0 Å². The van der Waals surface area contributed by atoms with Gasteiger partial charge >= 0.3 is 0 Å². The highest BCUT2D eigenvalue weighted by molar-refractivity contribution is 7.14. The van der Waals surface area contributed by atoms with Gasteiger partial charge in [0.15, 0.2) is 10.9 Å². The average molecular weight is 461 g/mol. The van der Waals surface area contributed by atoms with E-state index in [4.69, 9.17) is 9.15 Å². The smallest absolute Gasteiger partial charge is 0.257 e. The molecule has 1 N–H and O–H groups in total. The van der Waals surface area contributed by atoms with Crippen LogP contribution < -0.4 is 15.0 Å². The summed E-state index contributed by atoms with van der Waals surface area (Å²) in [5.41, 5.74) is 2.20. The van der Waals surface area contributed by atoms with Gasteiger partial charge in [0.1, 0.15) is 17.0 Å². The van der Waals surface area contributed by atoms with E-state index in [2.05, 4.69) is 10.3 Å². The number of ether oxygens (including phenoxy) is 1. The molecule has 0 aliphatic carbocycles. The summed E-state index contributed by atoms with van der Waals surface area (Å²) in [6, 6.07) is 13.8. The SMILES string of the molecule is CCOc1ccc2oc(-c3csc(NC(=O)c4ccc(N5C(=O)CCC5=O)cc4)n3)cc2c1. The number of benzene rings is 2. The number of anilines is 2. The Morgan fingerprint density at radius 1 is 1.12 bits per heavy atom. The Bertz CT molecular complexity index is 1360. The topological polar surface area (TPSA) is 102 Å². The first kappa shape index (κ1) is 20.9. The molecule has 0 spiro atoms. The molecule has 8 nitrogen and oxygen atoms in total. The number of nitrogens with one attached hydrogen (secondary N) is 1. The third kappa shape index (κ3) is 4.10. The van der Waals surface area contributed by atoms with Crippen LogP contribution >= 0.6 is 11.3 Å². The summed E-state index contributed by atoms with van der Waals surface area (Å²) >= 11 is 1.29. The maximum Gasteiger partial charge on any atom is 0.257 e. The molecule has 3 amide bonds. The lowest BCUT2D eigenvalue weighted by Crippen LogP contribution is -2.28. The number of thiazole rings is 1. The molecule has 4 aromatic rings. The zero-order valence-corrected chi connectivity index (χ0v) is 18.5. The van der Waals surface area contributed by atoms with Crippen molar-refractivity contribution in [1.29, 1.82) is 0 Å². The minimum Gasteiger partial charge on any atom is -0.494 e. The molecule has 1 aliphatic rings. The van der Waals surface area contributed by atoms with E-state index < -0.39 is 0 Å². The number of fused-ring (bicyclic) bond motifs is 1. The normalized spacial score (nSPS) is 13.7. The second-order valence-electron chi connectivity index (χ2n) is 7.41. The van der Waals surface area contributed by atoms with Crippen molar-refractivity contribution in [1.82, 2.24) is 4.98 Å². The predicted molar refractivity (Wildman–Crippen MR) is 125 cm³/mol. The van der Waals surface area contributed by atoms with Gasteiger partial charge in [0.05, 0.1) is 12.3 Å². The number of hydrogen-bond acceptors (Lipinski definition) is 7. The quantitative estimate of drug-likeness (QED) is 0.412. The fourth-order valence-corrected chi connectivity index (χ4v) is 4.34. The van der Waals surface area contributed by atoms with Crippen molar-refractivity contribution < 1.29 is 23.5 Å². The molecule has 0 bridgehead atoms. The van der Waals surface area contributed by atoms with Crippen molar-refractivity contribution in [3.63, 3.8) is 0 Å². The van der Waals surface area contributed by atoms with Gasteiger partial charge in [0, 0.05) is 29.2 Å². The lowest BCUT2D eigenvalue weighted by atomic mass is 10.2. The van der Waals surface area contributed by atoms with Gasteiger partial charge in [0.25, 0.3) is 5.91 Å². The van der Waals surface area contributed by atoms with Crippen molar-refractivity contribution in [2.24, 2.45) is 0 Å². The van der Waals surface area contributed by atoms with Crippen LogP contribution in [0.5, 0.6) is 5.75 Å². The maximum absolute atomic E-state index is 12.6. The molecule has 9 heteroatoms. The van der Waals surface area contributed by atoms with Crippen LogP contribution in [-0.4, -0.2) is 29.3 Å². The zero-order chi connectivity index (χ0) is 22.9. The van der Waals surface area contributed by atoms with Crippen molar-refractivity contribution >= 4 is 50.8 Å². The molecule has 2 aromatic heterocycles.